The van der Waals surface area contributed by atoms with E-state index in [1.807, 2.05) is 25.5 Å². The molecule has 0 spiro atoms. The highest BCUT2D eigenvalue weighted by atomic mass is 16.5. The number of methoxy groups -OCH3 is 1. The molecule has 0 atom stereocenters. The first-order valence-corrected chi connectivity index (χ1v) is 9.23. The molecule has 0 amide bonds. The van der Waals surface area contributed by atoms with Gasteiger partial charge in [-0.05, 0) is 62.2 Å². The second kappa shape index (κ2) is 7.05. The third-order valence-corrected chi connectivity index (χ3v) is 5.12. The van der Waals surface area contributed by atoms with Crippen LogP contribution >= 0.6 is 0 Å². The van der Waals surface area contributed by atoms with Crippen molar-refractivity contribution >= 4 is 16.9 Å². The number of rotatable bonds is 4. The number of hydrogen-bond acceptors (Lipinski definition) is 4. The highest BCUT2D eigenvalue weighted by Crippen LogP contribution is 2.30. The third-order valence-electron chi connectivity index (χ3n) is 5.12. The summed E-state index contributed by atoms with van der Waals surface area (Å²) in [6, 6.07) is 13.1. The molecule has 0 unspecified atom stereocenters. The Morgan fingerprint density at radius 1 is 1.07 bits per heavy atom. The van der Waals surface area contributed by atoms with E-state index in [-0.39, 0.29) is 5.56 Å². The van der Waals surface area contributed by atoms with Crippen LogP contribution in [-0.2, 0) is 0 Å². The molecule has 4 aromatic rings. The fourth-order valence-electron chi connectivity index (χ4n) is 3.50. The maximum Gasteiger partial charge on any atom is 0.336 e. The zero-order valence-corrected chi connectivity index (χ0v) is 16.7. The number of aryl methyl sites for hydroxylation is 2. The molecule has 0 aliphatic carbocycles. The molecule has 29 heavy (non-hydrogen) atoms. The highest BCUT2D eigenvalue weighted by molar-refractivity contribution is 6.04. The molecule has 0 fully saturated rings. The molecule has 2 aromatic carbocycles. The Morgan fingerprint density at radius 2 is 1.86 bits per heavy atom. The highest BCUT2D eigenvalue weighted by Gasteiger charge is 2.18. The Morgan fingerprint density at radius 3 is 2.59 bits per heavy atom. The lowest BCUT2D eigenvalue weighted by molar-refractivity contribution is 0.0699. The van der Waals surface area contributed by atoms with Crippen LogP contribution in [0, 0.1) is 20.8 Å². The van der Waals surface area contributed by atoms with Gasteiger partial charge in [0.05, 0.1) is 41.5 Å². The Labute approximate surface area is 168 Å². The van der Waals surface area contributed by atoms with Gasteiger partial charge in [-0.3, -0.25) is 0 Å². The van der Waals surface area contributed by atoms with Gasteiger partial charge >= 0.3 is 5.97 Å². The largest absolute Gasteiger partial charge is 0.497 e. The Bertz CT molecular complexity index is 1260. The van der Waals surface area contributed by atoms with Gasteiger partial charge in [-0.25, -0.2) is 14.5 Å². The molecule has 0 saturated carbocycles. The minimum Gasteiger partial charge on any atom is -0.497 e. The number of carboxylic acid groups (broad SMARTS) is 1. The molecule has 0 aliphatic rings. The van der Waals surface area contributed by atoms with Crippen molar-refractivity contribution in [3.05, 3.63) is 71.0 Å². The monoisotopic (exact) mass is 387 g/mol. The summed E-state index contributed by atoms with van der Waals surface area (Å²) in [4.78, 5) is 16.6. The predicted molar refractivity (Wildman–Crippen MR) is 112 cm³/mol. The topological polar surface area (TPSA) is 77.2 Å². The average Bonchev–Trinajstić information content (AvgIpc) is 3.09. The van der Waals surface area contributed by atoms with Gasteiger partial charge in [0.15, 0.2) is 0 Å². The number of pyridine rings is 1. The molecule has 6 heteroatoms. The lowest BCUT2D eigenvalue weighted by Crippen LogP contribution is -2.03. The number of aromatic carboxylic acids is 1. The number of ether oxygens (including phenoxy) is 1. The van der Waals surface area contributed by atoms with Gasteiger partial charge in [-0.1, -0.05) is 12.1 Å². The normalized spacial score (nSPS) is 11.0. The summed E-state index contributed by atoms with van der Waals surface area (Å²) in [7, 11) is 1.55. The molecule has 1 N–H and O–H groups in total. The zero-order valence-electron chi connectivity index (χ0n) is 16.7. The predicted octanol–water partition coefficient (Wildman–Crippen LogP) is 4.72. The van der Waals surface area contributed by atoms with Crippen LogP contribution in [0.2, 0.25) is 0 Å². The molecular weight excluding hydrogens is 366 g/mol. The van der Waals surface area contributed by atoms with Crippen molar-refractivity contribution in [3.63, 3.8) is 0 Å². The van der Waals surface area contributed by atoms with E-state index in [9.17, 15) is 9.90 Å². The minimum absolute atomic E-state index is 0.183. The Hall–Kier alpha value is -3.67. The van der Waals surface area contributed by atoms with Gasteiger partial charge in [0.1, 0.15) is 5.75 Å². The Balaban J connectivity index is 1.91. The van der Waals surface area contributed by atoms with Gasteiger partial charge in [0.2, 0.25) is 0 Å². The molecule has 2 aromatic heterocycles. The SMILES string of the molecule is COc1ccc2nc(-c3cnn(-c4cc(C)ccc4C)c3C)cc(C(=O)O)c2c1. The van der Waals surface area contributed by atoms with Crippen LogP contribution in [0.3, 0.4) is 0 Å². The van der Waals surface area contributed by atoms with E-state index >= 15 is 0 Å². The molecule has 146 valence electrons. The van der Waals surface area contributed by atoms with E-state index in [0.29, 0.717) is 22.3 Å². The molecule has 6 nitrogen and oxygen atoms in total. The quantitative estimate of drug-likeness (QED) is 0.548. The molecule has 0 bridgehead atoms. The standard InChI is InChI=1S/C23H21N3O3/c1-13-5-6-14(2)22(9-13)26-15(3)19(12-24-26)21-11-18(23(27)28)17-10-16(29-4)7-8-20(17)25-21/h5-12H,1-4H3,(H,27,28). The molecular formula is C23H21N3O3. The van der Waals surface area contributed by atoms with Gasteiger partial charge in [-0.2, -0.15) is 5.10 Å². The first kappa shape index (κ1) is 18.7. The number of hydrogen-bond donors (Lipinski definition) is 1. The van der Waals surface area contributed by atoms with Gasteiger partial charge < -0.3 is 9.84 Å². The van der Waals surface area contributed by atoms with Crippen LogP contribution in [0.25, 0.3) is 27.8 Å². The molecule has 2 heterocycles. The van der Waals surface area contributed by atoms with Crippen LogP contribution in [-0.4, -0.2) is 33.0 Å². The van der Waals surface area contributed by atoms with Gasteiger partial charge in [0.25, 0.3) is 0 Å². The fraction of sp³-hybridized carbons (Fsp3) is 0.174. The summed E-state index contributed by atoms with van der Waals surface area (Å²) in [5.41, 5.74) is 6.31. The number of carbonyl (C=O) groups is 1. The molecule has 4 rings (SSSR count). The van der Waals surface area contributed by atoms with E-state index in [1.165, 1.54) is 0 Å². The van der Waals surface area contributed by atoms with E-state index in [0.717, 1.165) is 28.1 Å². The van der Waals surface area contributed by atoms with Crippen LogP contribution in [0.15, 0.2) is 48.7 Å². The zero-order chi connectivity index (χ0) is 20.7. The summed E-state index contributed by atoms with van der Waals surface area (Å²) >= 11 is 0. The van der Waals surface area contributed by atoms with Crippen LogP contribution in [0.1, 0.15) is 27.2 Å². The molecule has 0 aliphatic heterocycles. The summed E-state index contributed by atoms with van der Waals surface area (Å²) < 4.78 is 7.10. The second-order valence-electron chi connectivity index (χ2n) is 7.09. The second-order valence-corrected chi connectivity index (χ2v) is 7.09. The number of carboxylic acids is 1. The number of aromatic nitrogens is 3. The lowest BCUT2D eigenvalue weighted by atomic mass is 10.0. The number of nitrogens with zero attached hydrogens (tertiary/aromatic N) is 3. The average molecular weight is 387 g/mol. The smallest absolute Gasteiger partial charge is 0.336 e. The molecule has 0 radical (unpaired) electrons. The van der Waals surface area contributed by atoms with Crippen molar-refractivity contribution in [1.29, 1.82) is 0 Å². The minimum atomic E-state index is -1.01. The lowest BCUT2D eigenvalue weighted by Gasteiger charge is -2.11. The van der Waals surface area contributed by atoms with Crippen molar-refractivity contribution in [3.8, 4) is 22.7 Å². The fourth-order valence-corrected chi connectivity index (χ4v) is 3.50. The van der Waals surface area contributed by atoms with E-state index in [4.69, 9.17) is 9.72 Å². The van der Waals surface area contributed by atoms with Crippen LogP contribution < -0.4 is 4.74 Å². The van der Waals surface area contributed by atoms with Crippen molar-refractivity contribution < 1.29 is 14.6 Å². The number of benzene rings is 2. The number of fused-ring (bicyclic) bond motifs is 1. The first-order valence-electron chi connectivity index (χ1n) is 9.23. The van der Waals surface area contributed by atoms with Crippen molar-refractivity contribution in [2.45, 2.75) is 20.8 Å². The summed E-state index contributed by atoms with van der Waals surface area (Å²) in [5.74, 6) is -0.417. The first-order chi connectivity index (χ1) is 13.9. The third kappa shape index (κ3) is 3.23. The van der Waals surface area contributed by atoms with Crippen molar-refractivity contribution in [1.82, 2.24) is 14.8 Å². The van der Waals surface area contributed by atoms with Gasteiger partial charge in [0, 0.05) is 10.9 Å². The van der Waals surface area contributed by atoms with Gasteiger partial charge in [-0.15, -0.1) is 0 Å². The van der Waals surface area contributed by atoms with E-state index in [1.54, 1.807) is 37.6 Å². The Kier molecular flexibility index (Phi) is 4.54. The summed E-state index contributed by atoms with van der Waals surface area (Å²) in [6.07, 6.45) is 1.74. The van der Waals surface area contributed by atoms with Crippen molar-refractivity contribution in [2.24, 2.45) is 0 Å². The van der Waals surface area contributed by atoms with Crippen LogP contribution in [0.5, 0.6) is 5.75 Å². The maximum atomic E-state index is 11.9. The maximum absolute atomic E-state index is 11.9. The van der Waals surface area contributed by atoms with E-state index < -0.39 is 5.97 Å². The van der Waals surface area contributed by atoms with Crippen molar-refractivity contribution in [2.75, 3.05) is 7.11 Å². The summed E-state index contributed by atoms with van der Waals surface area (Å²) in [6.45, 7) is 6.05. The molecule has 0 saturated heterocycles. The van der Waals surface area contributed by atoms with E-state index in [2.05, 4.69) is 23.3 Å². The summed E-state index contributed by atoms with van der Waals surface area (Å²) in [5, 5.41) is 14.8. The van der Waals surface area contributed by atoms with Crippen LogP contribution in [0.4, 0.5) is 0 Å².